The van der Waals surface area contributed by atoms with E-state index in [1.54, 1.807) is 12.1 Å². The Morgan fingerprint density at radius 1 is 1.10 bits per heavy atom. The normalized spacial score (nSPS) is 12.0. The molecule has 0 aliphatic rings. The monoisotopic (exact) mass is 526 g/mol. The molecule has 0 spiro atoms. The standard InChI is InChI=1S/C22H30N4O3.HI/c1-2-23-22(25-16-20(17-27)19-9-4-3-5-10-19)24-15-7-6-8-18-11-13-21(14-12-18)26(28)29;/h3-5,9-14,20,27H,2,6-8,15-17H2,1H3,(H2,23,24,25);1H. The molecule has 0 saturated carbocycles. The van der Waals surface area contributed by atoms with E-state index in [9.17, 15) is 15.2 Å². The fourth-order valence-corrected chi connectivity index (χ4v) is 2.98. The highest BCUT2D eigenvalue weighted by Gasteiger charge is 2.10. The van der Waals surface area contributed by atoms with Crippen LogP contribution in [0.5, 0.6) is 0 Å². The van der Waals surface area contributed by atoms with Crippen LogP contribution in [0.25, 0.3) is 0 Å². The molecule has 0 saturated heterocycles. The van der Waals surface area contributed by atoms with Crippen LogP contribution in [-0.2, 0) is 6.42 Å². The Hall–Kier alpha value is -2.20. The summed E-state index contributed by atoms with van der Waals surface area (Å²) in [6, 6.07) is 16.6. The predicted molar refractivity (Wildman–Crippen MR) is 132 cm³/mol. The Bertz CT molecular complexity index is 770. The van der Waals surface area contributed by atoms with Crippen molar-refractivity contribution in [3.8, 4) is 0 Å². The first-order valence-electron chi connectivity index (χ1n) is 10.0. The summed E-state index contributed by atoms with van der Waals surface area (Å²) in [6.07, 6.45) is 2.82. The largest absolute Gasteiger partial charge is 0.396 e. The molecule has 0 amide bonds. The van der Waals surface area contributed by atoms with Gasteiger partial charge in [0, 0.05) is 31.1 Å². The van der Waals surface area contributed by atoms with Crippen LogP contribution < -0.4 is 10.6 Å². The summed E-state index contributed by atoms with van der Waals surface area (Å²) in [4.78, 5) is 14.9. The van der Waals surface area contributed by atoms with E-state index >= 15 is 0 Å². The molecule has 0 fully saturated rings. The van der Waals surface area contributed by atoms with Crippen LogP contribution in [-0.4, -0.2) is 42.2 Å². The van der Waals surface area contributed by atoms with Crippen molar-refractivity contribution in [2.24, 2.45) is 4.99 Å². The number of hydrogen-bond donors (Lipinski definition) is 3. The number of benzene rings is 2. The van der Waals surface area contributed by atoms with Gasteiger partial charge in [-0.05, 0) is 37.3 Å². The second kappa shape index (κ2) is 14.7. The smallest absolute Gasteiger partial charge is 0.269 e. The van der Waals surface area contributed by atoms with Gasteiger partial charge in [0.2, 0.25) is 0 Å². The molecule has 0 radical (unpaired) electrons. The third-order valence-corrected chi connectivity index (χ3v) is 4.64. The lowest BCUT2D eigenvalue weighted by Gasteiger charge is -2.15. The lowest BCUT2D eigenvalue weighted by atomic mass is 10.0. The molecule has 30 heavy (non-hydrogen) atoms. The first-order chi connectivity index (χ1) is 14.1. The summed E-state index contributed by atoms with van der Waals surface area (Å²) in [7, 11) is 0. The lowest BCUT2D eigenvalue weighted by Crippen LogP contribution is -2.38. The zero-order chi connectivity index (χ0) is 20.9. The molecule has 0 aliphatic carbocycles. The minimum atomic E-state index is -0.381. The molecule has 164 valence electrons. The van der Waals surface area contributed by atoms with Gasteiger partial charge in [-0.2, -0.15) is 0 Å². The number of aliphatic imine (C=N–C) groups is 1. The molecule has 8 heteroatoms. The Morgan fingerprint density at radius 2 is 1.80 bits per heavy atom. The second-order valence-electron chi connectivity index (χ2n) is 6.82. The summed E-state index contributed by atoms with van der Waals surface area (Å²) >= 11 is 0. The van der Waals surface area contributed by atoms with E-state index in [1.165, 1.54) is 0 Å². The molecule has 1 atom stereocenters. The number of aliphatic hydroxyl groups excluding tert-OH is 1. The van der Waals surface area contributed by atoms with Gasteiger partial charge in [-0.25, -0.2) is 0 Å². The summed E-state index contributed by atoms with van der Waals surface area (Å²) in [5, 5.41) is 26.9. The van der Waals surface area contributed by atoms with E-state index in [4.69, 9.17) is 0 Å². The molecule has 7 nitrogen and oxygen atoms in total. The number of nitro benzene ring substituents is 1. The summed E-state index contributed by atoms with van der Waals surface area (Å²) in [5.41, 5.74) is 2.31. The van der Waals surface area contributed by atoms with Crippen molar-refractivity contribution in [3.63, 3.8) is 0 Å². The summed E-state index contributed by atoms with van der Waals surface area (Å²) < 4.78 is 0. The number of nitro groups is 1. The van der Waals surface area contributed by atoms with Gasteiger partial charge in [0.05, 0.1) is 18.1 Å². The lowest BCUT2D eigenvalue weighted by molar-refractivity contribution is -0.384. The van der Waals surface area contributed by atoms with Crippen LogP contribution >= 0.6 is 24.0 Å². The average Bonchev–Trinajstić information content (AvgIpc) is 2.75. The van der Waals surface area contributed by atoms with Gasteiger partial charge in [-0.3, -0.25) is 15.1 Å². The highest BCUT2D eigenvalue weighted by molar-refractivity contribution is 14.0. The van der Waals surface area contributed by atoms with Gasteiger partial charge in [0.1, 0.15) is 0 Å². The third-order valence-electron chi connectivity index (χ3n) is 4.64. The van der Waals surface area contributed by atoms with Crippen LogP contribution in [0.4, 0.5) is 5.69 Å². The van der Waals surface area contributed by atoms with Crippen molar-refractivity contribution in [1.82, 2.24) is 10.6 Å². The van der Waals surface area contributed by atoms with Crippen LogP contribution in [0, 0.1) is 10.1 Å². The Morgan fingerprint density at radius 3 is 2.40 bits per heavy atom. The SMILES string of the molecule is CCNC(=NCC(CO)c1ccccc1)NCCCCc1ccc([N+](=O)[O-])cc1.I. The van der Waals surface area contributed by atoms with Crippen molar-refractivity contribution < 1.29 is 10.0 Å². The number of guanidine groups is 1. The van der Waals surface area contributed by atoms with Gasteiger partial charge in [-0.15, -0.1) is 24.0 Å². The zero-order valence-electron chi connectivity index (χ0n) is 17.3. The third kappa shape index (κ3) is 9.08. The maximum absolute atomic E-state index is 10.7. The summed E-state index contributed by atoms with van der Waals surface area (Å²) in [5.74, 6) is 0.728. The number of hydrogen-bond acceptors (Lipinski definition) is 4. The van der Waals surface area contributed by atoms with Gasteiger partial charge in [-0.1, -0.05) is 42.5 Å². The molecular formula is C22H31IN4O3. The highest BCUT2D eigenvalue weighted by Crippen LogP contribution is 2.15. The maximum atomic E-state index is 10.7. The quantitative estimate of drug-likeness (QED) is 0.103. The van der Waals surface area contributed by atoms with E-state index in [0.29, 0.717) is 6.54 Å². The van der Waals surface area contributed by atoms with Crippen molar-refractivity contribution >= 4 is 35.6 Å². The zero-order valence-corrected chi connectivity index (χ0v) is 19.6. The Balaban J connectivity index is 0.00000450. The van der Waals surface area contributed by atoms with E-state index in [2.05, 4.69) is 15.6 Å². The van der Waals surface area contributed by atoms with E-state index in [0.717, 1.165) is 49.4 Å². The molecule has 0 heterocycles. The Labute approximate surface area is 195 Å². The molecule has 0 bridgehead atoms. The highest BCUT2D eigenvalue weighted by atomic mass is 127. The molecule has 2 aromatic carbocycles. The molecule has 2 rings (SSSR count). The maximum Gasteiger partial charge on any atom is 0.269 e. The van der Waals surface area contributed by atoms with Crippen molar-refractivity contribution in [2.75, 3.05) is 26.2 Å². The average molecular weight is 526 g/mol. The number of unbranched alkanes of at least 4 members (excludes halogenated alkanes) is 1. The molecule has 1 unspecified atom stereocenters. The van der Waals surface area contributed by atoms with Crippen LogP contribution in [0.3, 0.4) is 0 Å². The van der Waals surface area contributed by atoms with Crippen molar-refractivity contribution in [3.05, 3.63) is 75.8 Å². The van der Waals surface area contributed by atoms with Gasteiger partial charge < -0.3 is 15.7 Å². The first kappa shape index (κ1) is 25.8. The van der Waals surface area contributed by atoms with E-state index in [-0.39, 0.29) is 47.1 Å². The number of nitrogens with one attached hydrogen (secondary N) is 2. The van der Waals surface area contributed by atoms with E-state index < -0.39 is 0 Å². The van der Waals surface area contributed by atoms with Crippen LogP contribution in [0.1, 0.15) is 36.8 Å². The number of nitrogens with zero attached hydrogens (tertiary/aromatic N) is 2. The molecule has 0 aliphatic heterocycles. The topological polar surface area (TPSA) is 99.8 Å². The van der Waals surface area contributed by atoms with Gasteiger partial charge in [0.15, 0.2) is 5.96 Å². The van der Waals surface area contributed by atoms with Crippen molar-refractivity contribution in [1.29, 1.82) is 0 Å². The number of aliphatic hydroxyl groups is 1. The number of rotatable bonds is 11. The number of halogens is 1. The number of non-ortho nitro benzene ring substituents is 1. The number of aryl methyl sites for hydroxylation is 1. The van der Waals surface area contributed by atoms with Crippen LogP contribution in [0.15, 0.2) is 59.6 Å². The van der Waals surface area contributed by atoms with Gasteiger partial charge >= 0.3 is 0 Å². The first-order valence-corrected chi connectivity index (χ1v) is 10.0. The van der Waals surface area contributed by atoms with Gasteiger partial charge in [0.25, 0.3) is 5.69 Å². The predicted octanol–water partition coefficient (Wildman–Crippen LogP) is 3.87. The minimum absolute atomic E-state index is 0. The van der Waals surface area contributed by atoms with Crippen LogP contribution in [0.2, 0.25) is 0 Å². The molecule has 3 N–H and O–H groups in total. The molecule has 2 aromatic rings. The molecular weight excluding hydrogens is 495 g/mol. The summed E-state index contributed by atoms with van der Waals surface area (Å²) in [6.45, 7) is 4.14. The molecule has 0 aromatic heterocycles. The fourth-order valence-electron chi connectivity index (χ4n) is 2.98. The van der Waals surface area contributed by atoms with Crippen molar-refractivity contribution in [2.45, 2.75) is 32.1 Å². The second-order valence-corrected chi connectivity index (χ2v) is 6.82. The minimum Gasteiger partial charge on any atom is -0.396 e. The van der Waals surface area contributed by atoms with E-state index in [1.807, 2.05) is 49.4 Å². The fraction of sp³-hybridized carbons (Fsp3) is 0.409. The Kier molecular flexibility index (Phi) is 12.7.